The van der Waals surface area contributed by atoms with Gasteiger partial charge in [0.1, 0.15) is 6.61 Å². The smallest absolute Gasteiger partial charge is 0.253 e. The van der Waals surface area contributed by atoms with Gasteiger partial charge in [-0.15, -0.1) is 0 Å². The Morgan fingerprint density at radius 2 is 2.00 bits per heavy atom. The molecule has 6 nitrogen and oxygen atoms in total. The van der Waals surface area contributed by atoms with Gasteiger partial charge in [0.25, 0.3) is 5.91 Å². The second-order valence-electron chi connectivity index (χ2n) is 6.09. The molecule has 3 rings (SSSR count). The minimum Gasteiger partial charge on any atom is -0.365 e. The summed E-state index contributed by atoms with van der Waals surface area (Å²) in [5.74, 6) is -0.149. The highest BCUT2D eigenvalue weighted by Gasteiger charge is 2.28. The van der Waals surface area contributed by atoms with Crippen molar-refractivity contribution < 1.29 is 17.9 Å². The van der Waals surface area contributed by atoms with Crippen LogP contribution in [0.1, 0.15) is 5.56 Å². The van der Waals surface area contributed by atoms with E-state index in [1.807, 2.05) is 31.2 Å². The molecule has 0 spiro atoms. The van der Waals surface area contributed by atoms with Gasteiger partial charge in [-0.1, -0.05) is 29.8 Å². The van der Waals surface area contributed by atoms with Crippen LogP contribution in [-0.4, -0.2) is 40.1 Å². The fourth-order valence-electron chi connectivity index (χ4n) is 2.71. The van der Waals surface area contributed by atoms with Crippen molar-refractivity contribution in [3.63, 3.8) is 0 Å². The number of nitrogens with zero attached hydrogens (tertiary/aromatic N) is 1. The zero-order chi connectivity index (χ0) is 18.7. The van der Waals surface area contributed by atoms with Gasteiger partial charge in [-0.2, -0.15) is 0 Å². The summed E-state index contributed by atoms with van der Waals surface area (Å²) in [7, 11) is -3.70. The van der Waals surface area contributed by atoms with E-state index in [2.05, 4.69) is 4.72 Å². The average molecular weight is 395 g/mol. The lowest BCUT2D eigenvalue weighted by Gasteiger charge is -2.33. The van der Waals surface area contributed by atoms with Gasteiger partial charge in [0, 0.05) is 17.3 Å². The van der Waals surface area contributed by atoms with Crippen molar-refractivity contribution in [2.24, 2.45) is 0 Å². The van der Waals surface area contributed by atoms with Gasteiger partial charge in [-0.05, 0) is 42.8 Å². The lowest BCUT2D eigenvalue weighted by Crippen LogP contribution is -2.50. The molecular formula is C18H19ClN2O4S. The molecule has 138 valence electrons. The first kappa shape index (κ1) is 18.8. The Bertz CT molecular complexity index is 917. The predicted octanol–water partition coefficient (Wildman–Crippen LogP) is 2.36. The van der Waals surface area contributed by atoms with Crippen LogP contribution in [-0.2, 0) is 19.6 Å². The number of amides is 1. The summed E-state index contributed by atoms with van der Waals surface area (Å²) in [4.78, 5) is 13.9. The number of rotatable bonds is 5. The van der Waals surface area contributed by atoms with E-state index in [4.69, 9.17) is 16.3 Å². The number of morpholine rings is 1. The number of carbonyl (C=O) groups is 1. The number of benzene rings is 2. The third kappa shape index (κ3) is 4.42. The lowest BCUT2D eigenvalue weighted by molar-refractivity contribution is -0.129. The van der Waals surface area contributed by atoms with E-state index in [0.29, 0.717) is 5.02 Å². The molecule has 2 aromatic rings. The van der Waals surface area contributed by atoms with Crippen molar-refractivity contribution >= 4 is 33.2 Å². The molecule has 1 fully saturated rings. The van der Waals surface area contributed by atoms with Crippen molar-refractivity contribution in [2.75, 3.05) is 24.6 Å². The Morgan fingerprint density at radius 3 is 2.73 bits per heavy atom. The summed E-state index contributed by atoms with van der Waals surface area (Å²) in [6, 6.07) is 13.6. The Labute approximate surface area is 157 Å². The second kappa shape index (κ2) is 7.75. The third-order valence-electron chi connectivity index (χ3n) is 4.05. The number of sulfonamides is 1. The van der Waals surface area contributed by atoms with Crippen LogP contribution in [0.2, 0.25) is 5.02 Å². The summed E-state index contributed by atoms with van der Waals surface area (Å²) < 4.78 is 32.8. The van der Waals surface area contributed by atoms with Crippen LogP contribution in [0.15, 0.2) is 53.4 Å². The first-order valence-electron chi connectivity index (χ1n) is 8.09. The molecule has 8 heteroatoms. The number of carbonyl (C=O) groups excluding carboxylic acids is 1. The normalized spacial score (nSPS) is 18.2. The average Bonchev–Trinajstić information content (AvgIpc) is 2.61. The van der Waals surface area contributed by atoms with E-state index in [-0.39, 0.29) is 30.5 Å². The van der Waals surface area contributed by atoms with Gasteiger partial charge in [0.2, 0.25) is 10.0 Å². The van der Waals surface area contributed by atoms with Gasteiger partial charge in [-0.25, -0.2) is 13.1 Å². The van der Waals surface area contributed by atoms with E-state index < -0.39 is 16.1 Å². The number of aryl methyl sites for hydroxylation is 1. The van der Waals surface area contributed by atoms with E-state index in [9.17, 15) is 13.2 Å². The number of halogens is 1. The van der Waals surface area contributed by atoms with Crippen molar-refractivity contribution in [3.05, 3.63) is 59.1 Å². The van der Waals surface area contributed by atoms with Crippen molar-refractivity contribution in [1.29, 1.82) is 0 Å². The number of hydrogen-bond acceptors (Lipinski definition) is 4. The van der Waals surface area contributed by atoms with E-state index in [0.717, 1.165) is 11.3 Å². The van der Waals surface area contributed by atoms with E-state index >= 15 is 0 Å². The van der Waals surface area contributed by atoms with E-state index in [1.165, 1.54) is 12.1 Å². The summed E-state index contributed by atoms with van der Waals surface area (Å²) in [5, 5.41) is 0.345. The zero-order valence-corrected chi connectivity index (χ0v) is 15.8. The van der Waals surface area contributed by atoms with Crippen molar-refractivity contribution in [1.82, 2.24) is 4.72 Å². The molecule has 1 saturated heterocycles. The van der Waals surface area contributed by atoms with Crippen LogP contribution in [0, 0.1) is 6.92 Å². The largest absolute Gasteiger partial charge is 0.365 e. The quantitative estimate of drug-likeness (QED) is 0.844. The Kier molecular flexibility index (Phi) is 5.62. The van der Waals surface area contributed by atoms with Crippen LogP contribution >= 0.6 is 11.6 Å². The topological polar surface area (TPSA) is 75.7 Å². The highest BCUT2D eigenvalue weighted by molar-refractivity contribution is 7.89. The number of ether oxygens (including phenoxy) is 1. The molecule has 1 N–H and O–H groups in total. The van der Waals surface area contributed by atoms with Gasteiger partial charge in [-0.3, -0.25) is 4.79 Å². The van der Waals surface area contributed by atoms with Gasteiger partial charge < -0.3 is 9.64 Å². The highest BCUT2D eigenvalue weighted by atomic mass is 35.5. The first-order valence-corrected chi connectivity index (χ1v) is 9.95. The maximum atomic E-state index is 12.4. The van der Waals surface area contributed by atoms with Gasteiger partial charge in [0.05, 0.1) is 17.5 Å². The molecule has 1 heterocycles. The maximum Gasteiger partial charge on any atom is 0.253 e. The van der Waals surface area contributed by atoms with Crippen LogP contribution in [0.4, 0.5) is 5.69 Å². The SMILES string of the molecule is Cc1cccc(N2CC(CNS(=O)(=O)c3cccc(Cl)c3)OCC2=O)c1. The van der Waals surface area contributed by atoms with Crippen LogP contribution in [0.25, 0.3) is 0 Å². The fraction of sp³-hybridized carbons (Fsp3) is 0.278. The molecule has 0 aliphatic carbocycles. The zero-order valence-electron chi connectivity index (χ0n) is 14.2. The Hall–Kier alpha value is -1.93. The Morgan fingerprint density at radius 1 is 1.23 bits per heavy atom. The summed E-state index contributed by atoms with van der Waals surface area (Å²) >= 11 is 5.85. The fourth-order valence-corrected chi connectivity index (χ4v) is 4.08. The molecule has 0 radical (unpaired) electrons. The van der Waals surface area contributed by atoms with E-state index in [1.54, 1.807) is 17.0 Å². The molecule has 1 atom stereocenters. The molecule has 1 unspecified atom stereocenters. The van der Waals surface area contributed by atoms with Gasteiger partial charge >= 0.3 is 0 Å². The molecule has 0 aromatic heterocycles. The molecule has 0 bridgehead atoms. The van der Waals surface area contributed by atoms with Gasteiger partial charge in [0.15, 0.2) is 0 Å². The molecule has 2 aromatic carbocycles. The monoisotopic (exact) mass is 394 g/mol. The molecule has 0 saturated carbocycles. The predicted molar refractivity (Wildman–Crippen MR) is 99.9 cm³/mol. The van der Waals surface area contributed by atoms with Crippen molar-refractivity contribution in [2.45, 2.75) is 17.9 Å². The minimum absolute atomic E-state index is 0.0600. The molecule has 1 amide bonds. The summed E-state index contributed by atoms with van der Waals surface area (Å²) in [6.45, 7) is 2.20. The highest BCUT2D eigenvalue weighted by Crippen LogP contribution is 2.20. The van der Waals surface area contributed by atoms with Crippen LogP contribution in [0.3, 0.4) is 0 Å². The number of anilines is 1. The standard InChI is InChI=1S/C18H19ClN2O4S/c1-13-4-2-6-15(8-13)21-11-16(25-12-18(21)22)10-20-26(23,24)17-7-3-5-14(19)9-17/h2-9,16,20H,10-12H2,1H3. The summed E-state index contributed by atoms with van der Waals surface area (Å²) in [5.41, 5.74) is 1.82. The van der Waals surface area contributed by atoms with Crippen LogP contribution < -0.4 is 9.62 Å². The molecule has 1 aliphatic heterocycles. The molecule has 1 aliphatic rings. The maximum absolute atomic E-state index is 12.4. The summed E-state index contributed by atoms with van der Waals surface area (Å²) in [6.07, 6.45) is -0.442. The Balaban J connectivity index is 1.68. The molecular weight excluding hydrogens is 376 g/mol. The molecule has 26 heavy (non-hydrogen) atoms. The number of nitrogens with one attached hydrogen (secondary N) is 1. The minimum atomic E-state index is -3.70. The van der Waals surface area contributed by atoms with Crippen molar-refractivity contribution in [3.8, 4) is 0 Å². The third-order valence-corrected chi connectivity index (χ3v) is 5.71. The lowest BCUT2D eigenvalue weighted by atomic mass is 10.2. The first-order chi connectivity index (χ1) is 12.3. The van der Waals surface area contributed by atoms with Crippen LogP contribution in [0.5, 0.6) is 0 Å². The second-order valence-corrected chi connectivity index (χ2v) is 8.29. The number of hydrogen-bond donors (Lipinski definition) is 1.